The molecule has 1 aromatic carbocycles. The largest absolute Gasteiger partial charge is 0.507 e. The van der Waals surface area contributed by atoms with Gasteiger partial charge in [-0.05, 0) is 30.9 Å². The molecule has 2 atom stereocenters. The van der Waals surface area contributed by atoms with Gasteiger partial charge in [-0.2, -0.15) is 0 Å². The highest BCUT2D eigenvalue weighted by molar-refractivity contribution is 9.09. The fraction of sp³-hybridized carbons (Fsp3) is 0.500. The van der Waals surface area contributed by atoms with E-state index in [2.05, 4.69) is 21.2 Å². The first kappa shape index (κ1) is 14.3. The van der Waals surface area contributed by atoms with Crippen LogP contribution in [-0.4, -0.2) is 22.4 Å². The number of benzene rings is 1. The summed E-state index contributed by atoms with van der Waals surface area (Å²) in [6.45, 7) is 0. The molecule has 0 bridgehead atoms. The van der Waals surface area contributed by atoms with Crippen molar-refractivity contribution in [3.05, 3.63) is 29.6 Å². The van der Waals surface area contributed by atoms with Crippen LogP contribution in [0, 0.1) is 11.7 Å². The van der Waals surface area contributed by atoms with E-state index in [-0.39, 0.29) is 17.4 Å². The number of phenols is 1. The van der Waals surface area contributed by atoms with Crippen molar-refractivity contribution in [2.45, 2.75) is 31.7 Å². The van der Waals surface area contributed by atoms with Crippen LogP contribution < -0.4 is 5.32 Å². The number of alkyl halides is 1. The Kier molecular flexibility index (Phi) is 4.80. The molecule has 0 radical (unpaired) electrons. The third-order valence-electron chi connectivity index (χ3n) is 3.64. The lowest BCUT2D eigenvalue weighted by atomic mass is 9.85. The summed E-state index contributed by atoms with van der Waals surface area (Å²) in [5.74, 6) is -1.17. The summed E-state index contributed by atoms with van der Waals surface area (Å²) in [6.07, 6.45) is 4.18. The topological polar surface area (TPSA) is 49.3 Å². The Morgan fingerprint density at radius 2 is 2.16 bits per heavy atom. The molecule has 2 unspecified atom stereocenters. The molecule has 0 aromatic heterocycles. The second-order valence-corrected chi connectivity index (χ2v) is 5.56. The second kappa shape index (κ2) is 6.37. The van der Waals surface area contributed by atoms with Crippen LogP contribution in [0.4, 0.5) is 4.39 Å². The number of carbonyl (C=O) groups excluding carboxylic acids is 1. The summed E-state index contributed by atoms with van der Waals surface area (Å²) in [5, 5.41) is 13.3. The first-order valence-electron chi connectivity index (χ1n) is 6.47. The van der Waals surface area contributed by atoms with Gasteiger partial charge in [0.05, 0.1) is 0 Å². The molecule has 1 fully saturated rings. The molecule has 1 saturated carbocycles. The predicted octanol–water partition coefficient (Wildman–Crippen LogP) is 3.21. The molecule has 2 N–H and O–H groups in total. The minimum Gasteiger partial charge on any atom is -0.507 e. The Bertz CT molecular complexity index is 447. The lowest BCUT2D eigenvalue weighted by molar-refractivity contribution is 0.0904. The summed E-state index contributed by atoms with van der Waals surface area (Å²) in [5.41, 5.74) is -0.263. The van der Waals surface area contributed by atoms with E-state index in [1.54, 1.807) is 0 Å². The van der Waals surface area contributed by atoms with E-state index in [0.29, 0.717) is 5.92 Å². The predicted molar refractivity (Wildman–Crippen MR) is 75.1 cm³/mol. The second-order valence-electron chi connectivity index (χ2n) is 4.91. The summed E-state index contributed by atoms with van der Waals surface area (Å²) < 4.78 is 13.6. The smallest absolute Gasteiger partial charge is 0.258 e. The molecule has 1 aliphatic rings. The number of carbonyl (C=O) groups is 1. The highest BCUT2D eigenvalue weighted by atomic mass is 79.9. The average molecular weight is 330 g/mol. The van der Waals surface area contributed by atoms with E-state index in [0.717, 1.165) is 31.0 Å². The van der Waals surface area contributed by atoms with Crippen LogP contribution >= 0.6 is 15.9 Å². The van der Waals surface area contributed by atoms with Crippen molar-refractivity contribution in [2.24, 2.45) is 5.92 Å². The van der Waals surface area contributed by atoms with Crippen LogP contribution in [0.2, 0.25) is 0 Å². The zero-order chi connectivity index (χ0) is 13.8. The molecule has 1 amide bonds. The fourth-order valence-corrected chi connectivity index (χ4v) is 3.34. The van der Waals surface area contributed by atoms with Crippen LogP contribution in [0.15, 0.2) is 18.2 Å². The summed E-state index contributed by atoms with van der Waals surface area (Å²) >= 11 is 3.45. The molecule has 3 nitrogen and oxygen atoms in total. The molecular weight excluding hydrogens is 313 g/mol. The number of rotatable bonds is 3. The summed E-state index contributed by atoms with van der Waals surface area (Å²) in [7, 11) is 0. The molecule has 0 aliphatic heterocycles. The number of halogens is 2. The van der Waals surface area contributed by atoms with E-state index >= 15 is 0 Å². The van der Waals surface area contributed by atoms with E-state index in [9.17, 15) is 14.3 Å². The molecule has 5 heteroatoms. The van der Waals surface area contributed by atoms with Crippen LogP contribution in [0.3, 0.4) is 0 Å². The van der Waals surface area contributed by atoms with E-state index in [1.807, 2.05) is 0 Å². The van der Waals surface area contributed by atoms with Crippen molar-refractivity contribution in [3.63, 3.8) is 0 Å². The van der Waals surface area contributed by atoms with Crippen molar-refractivity contribution in [3.8, 4) is 5.75 Å². The summed E-state index contributed by atoms with van der Waals surface area (Å²) in [4.78, 5) is 12.1. The quantitative estimate of drug-likeness (QED) is 0.836. The van der Waals surface area contributed by atoms with Crippen molar-refractivity contribution >= 4 is 21.8 Å². The SMILES string of the molecule is O=C(NC1CCCCC1CBr)c1c(O)cccc1F. The van der Waals surface area contributed by atoms with Gasteiger partial charge >= 0.3 is 0 Å². The van der Waals surface area contributed by atoms with Crippen molar-refractivity contribution in [1.82, 2.24) is 5.32 Å². The van der Waals surface area contributed by atoms with Crippen LogP contribution in [0.25, 0.3) is 0 Å². The fourth-order valence-electron chi connectivity index (χ4n) is 2.56. The van der Waals surface area contributed by atoms with Gasteiger partial charge in [0, 0.05) is 11.4 Å². The van der Waals surface area contributed by atoms with Crippen molar-refractivity contribution in [1.29, 1.82) is 0 Å². The van der Waals surface area contributed by atoms with E-state index < -0.39 is 11.7 Å². The lowest BCUT2D eigenvalue weighted by Gasteiger charge is -2.31. The first-order valence-corrected chi connectivity index (χ1v) is 7.60. The van der Waals surface area contributed by atoms with Crippen LogP contribution in [-0.2, 0) is 0 Å². The monoisotopic (exact) mass is 329 g/mol. The molecule has 0 saturated heterocycles. The van der Waals surface area contributed by atoms with Gasteiger partial charge in [0.25, 0.3) is 5.91 Å². The number of hydrogen-bond donors (Lipinski definition) is 2. The van der Waals surface area contributed by atoms with Crippen molar-refractivity contribution < 1.29 is 14.3 Å². The van der Waals surface area contributed by atoms with Crippen molar-refractivity contribution in [2.75, 3.05) is 5.33 Å². The normalized spacial score (nSPS) is 23.1. The molecule has 0 spiro atoms. The summed E-state index contributed by atoms with van der Waals surface area (Å²) in [6, 6.07) is 3.92. The van der Waals surface area contributed by atoms with Gasteiger partial charge in [-0.1, -0.05) is 34.8 Å². The minimum atomic E-state index is -0.691. The van der Waals surface area contributed by atoms with Gasteiger partial charge in [0.15, 0.2) is 0 Å². The van der Waals surface area contributed by atoms with Gasteiger partial charge < -0.3 is 10.4 Å². The molecule has 104 valence electrons. The number of hydrogen-bond acceptors (Lipinski definition) is 2. The van der Waals surface area contributed by atoms with Gasteiger partial charge in [-0.15, -0.1) is 0 Å². The molecule has 1 aromatic rings. The molecule has 2 rings (SSSR count). The number of amides is 1. The Hall–Kier alpha value is -1.10. The number of nitrogens with one attached hydrogen (secondary N) is 1. The van der Waals surface area contributed by atoms with Crippen LogP contribution in [0.1, 0.15) is 36.0 Å². The zero-order valence-electron chi connectivity index (χ0n) is 10.5. The van der Waals surface area contributed by atoms with Gasteiger partial charge in [-0.3, -0.25) is 4.79 Å². The molecule has 19 heavy (non-hydrogen) atoms. The maximum Gasteiger partial charge on any atom is 0.258 e. The highest BCUT2D eigenvalue weighted by Crippen LogP contribution is 2.27. The van der Waals surface area contributed by atoms with Crippen LogP contribution in [0.5, 0.6) is 5.75 Å². The van der Waals surface area contributed by atoms with Gasteiger partial charge in [0.1, 0.15) is 17.1 Å². The number of phenolic OH excluding ortho intramolecular Hbond substituents is 1. The Morgan fingerprint density at radius 1 is 1.42 bits per heavy atom. The van der Waals surface area contributed by atoms with E-state index in [4.69, 9.17) is 0 Å². The first-order chi connectivity index (χ1) is 9.13. The standard InChI is InChI=1S/C14H17BrFNO2/c15-8-9-4-1-2-6-11(9)17-14(19)13-10(16)5-3-7-12(13)18/h3,5,7,9,11,18H,1-2,4,6,8H2,(H,17,19). The molecular formula is C14H17BrFNO2. The molecule has 1 aliphatic carbocycles. The Labute approximate surface area is 120 Å². The number of aromatic hydroxyl groups is 1. The lowest BCUT2D eigenvalue weighted by Crippen LogP contribution is -2.43. The average Bonchev–Trinajstić information content (AvgIpc) is 2.39. The third kappa shape index (κ3) is 3.26. The molecule has 0 heterocycles. The van der Waals surface area contributed by atoms with E-state index in [1.165, 1.54) is 18.2 Å². The van der Waals surface area contributed by atoms with Gasteiger partial charge in [-0.25, -0.2) is 4.39 Å². The maximum atomic E-state index is 13.6. The maximum absolute atomic E-state index is 13.6. The third-order valence-corrected chi connectivity index (χ3v) is 4.47. The Balaban J connectivity index is 2.12. The minimum absolute atomic E-state index is 0.0413. The zero-order valence-corrected chi connectivity index (χ0v) is 12.1. The highest BCUT2D eigenvalue weighted by Gasteiger charge is 2.27. The Morgan fingerprint density at radius 3 is 2.84 bits per heavy atom. The van der Waals surface area contributed by atoms with Gasteiger partial charge in [0.2, 0.25) is 0 Å².